The number of nitrogens with one attached hydrogen (secondary N) is 1. The van der Waals surface area contributed by atoms with Gasteiger partial charge in [-0.1, -0.05) is 19.3 Å². The van der Waals surface area contributed by atoms with Crippen molar-refractivity contribution in [2.75, 3.05) is 0 Å². The molecule has 0 saturated heterocycles. The first-order chi connectivity index (χ1) is 6.99. The highest BCUT2D eigenvalue weighted by Crippen LogP contribution is 2.43. The third-order valence-corrected chi connectivity index (χ3v) is 3.31. The van der Waals surface area contributed by atoms with E-state index >= 15 is 0 Å². The molecular formula is C9H20NO4P. The summed E-state index contributed by atoms with van der Waals surface area (Å²) in [6.45, 7) is 3.37. The van der Waals surface area contributed by atoms with E-state index in [0.717, 1.165) is 25.7 Å². The normalized spacial score (nSPS) is 22.9. The molecule has 1 fully saturated rings. The second-order valence-electron chi connectivity index (χ2n) is 4.17. The zero-order chi connectivity index (χ0) is 11.3. The summed E-state index contributed by atoms with van der Waals surface area (Å²) < 4.78 is 20.8. The lowest BCUT2D eigenvalue weighted by Crippen LogP contribution is -2.30. The molecular weight excluding hydrogens is 217 g/mol. The van der Waals surface area contributed by atoms with Crippen LogP contribution in [0.15, 0.2) is 0 Å². The maximum absolute atomic E-state index is 11.3. The molecule has 0 heterocycles. The topological polar surface area (TPSA) is 67.8 Å². The molecule has 15 heavy (non-hydrogen) atoms. The van der Waals surface area contributed by atoms with Gasteiger partial charge in [-0.2, -0.15) is 10.1 Å². The number of phosphoric ester groups is 1. The van der Waals surface area contributed by atoms with Crippen LogP contribution in [-0.4, -0.2) is 17.0 Å². The summed E-state index contributed by atoms with van der Waals surface area (Å²) in [6, 6.07) is 0.176. The first-order valence-corrected chi connectivity index (χ1v) is 6.94. The lowest BCUT2D eigenvalue weighted by Gasteiger charge is -2.23. The molecule has 1 rings (SSSR count). The zero-order valence-electron chi connectivity index (χ0n) is 9.31. The van der Waals surface area contributed by atoms with Gasteiger partial charge in [-0.25, -0.2) is 4.57 Å². The molecule has 1 saturated carbocycles. The Balaban J connectivity index is 2.25. The van der Waals surface area contributed by atoms with Gasteiger partial charge in [-0.3, -0.25) is 4.52 Å². The Morgan fingerprint density at radius 2 is 1.93 bits per heavy atom. The molecule has 1 aliphatic rings. The summed E-state index contributed by atoms with van der Waals surface area (Å²) in [4.78, 5) is 9.26. The molecule has 0 aromatic carbocycles. The maximum Gasteiger partial charge on any atom is 0.489 e. The second kappa shape index (κ2) is 5.97. The molecule has 0 amide bonds. The Labute approximate surface area is 90.7 Å². The van der Waals surface area contributed by atoms with Crippen molar-refractivity contribution in [3.05, 3.63) is 0 Å². The molecule has 1 aliphatic carbocycles. The van der Waals surface area contributed by atoms with Crippen LogP contribution in [0.1, 0.15) is 46.0 Å². The average Bonchev–Trinajstić information content (AvgIpc) is 2.15. The first kappa shape index (κ1) is 13.1. The van der Waals surface area contributed by atoms with Crippen LogP contribution in [0.5, 0.6) is 0 Å². The summed E-state index contributed by atoms with van der Waals surface area (Å²) in [5.41, 5.74) is 2.63. The van der Waals surface area contributed by atoms with Gasteiger partial charge in [0.05, 0.1) is 6.10 Å². The number of hydrogen-bond acceptors (Lipinski definition) is 4. The van der Waals surface area contributed by atoms with Gasteiger partial charge in [-0.15, -0.1) is 0 Å². The summed E-state index contributed by atoms with van der Waals surface area (Å²) in [6.07, 6.45) is 5.17. The molecule has 0 bridgehead atoms. The summed E-state index contributed by atoms with van der Waals surface area (Å²) in [5, 5.41) is 0. The molecule has 0 aromatic rings. The number of hydroxylamine groups is 1. The van der Waals surface area contributed by atoms with Gasteiger partial charge in [0.15, 0.2) is 0 Å². The van der Waals surface area contributed by atoms with Gasteiger partial charge in [0.25, 0.3) is 0 Å². The van der Waals surface area contributed by atoms with E-state index in [0.29, 0.717) is 0 Å². The zero-order valence-corrected chi connectivity index (χ0v) is 10.2. The van der Waals surface area contributed by atoms with Gasteiger partial charge in [0.2, 0.25) is 0 Å². The maximum atomic E-state index is 11.3. The predicted molar refractivity (Wildman–Crippen MR) is 57.1 cm³/mol. The van der Waals surface area contributed by atoms with Crippen LogP contribution in [-0.2, 0) is 13.7 Å². The van der Waals surface area contributed by atoms with Gasteiger partial charge in [0, 0.05) is 6.04 Å². The van der Waals surface area contributed by atoms with E-state index in [2.05, 4.69) is 5.48 Å². The Morgan fingerprint density at radius 1 is 1.33 bits per heavy atom. The van der Waals surface area contributed by atoms with Crippen LogP contribution in [0.4, 0.5) is 0 Å². The van der Waals surface area contributed by atoms with E-state index in [1.807, 2.05) is 0 Å². The third-order valence-electron chi connectivity index (χ3n) is 2.28. The van der Waals surface area contributed by atoms with Crippen molar-refractivity contribution in [1.82, 2.24) is 5.48 Å². The minimum Gasteiger partial charge on any atom is -0.301 e. The van der Waals surface area contributed by atoms with Gasteiger partial charge >= 0.3 is 7.82 Å². The Bertz CT molecular complexity index is 228. The third kappa shape index (κ3) is 5.64. The Kier molecular flexibility index (Phi) is 5.23. The lowest BCUT2D eigenvalue weighted by atomic mass is 9.96. The molecule has 1 atom stereocenters. The van der Waals surface area contributed by atoms with Crippen LogP contribution >= 0.6 is 7.82 Å². The van der Waals surface area contributed by atoms with Crippen molar-refractivity contribution in [3.63, 3.8) is 0 Å². The fraction of sp³-hybridized carbons (Fsp3) is 1.00. The van der Waals surface area contributed by atoms with Crippen LogP contribution in [0, 0.1) is 0 Å². The van der Waals surface area contributed by atoms with Crippen molar-refractivity contribution in [2.45, 2.75) is 58.1 Å². The van der Waals surface area contributed by atoms with Crippen LogP contribution in [0.25, 0.3) is 0 Å². The van der Waals surface area contributed by atoms with E-state index in [9.17, 15) is 9.46 Å². The minimum absolute atomic E-state index is 0.176. The predicted octanol–water partition coefficient (Wildman–Crippen LogP) is 2.37. The van der Waals surface area contributed by atoms with Crippen LogP contribution < -0.4 is 5.48 Å². The molecule has 0 aliphatic heterocycles. The fourth-order valence-corrected chi connectivity index (χ4v) is 2.51. The van der Waals surface area contributed by atoms with Crippen molar-refractivity contribution in [3.8, 4) is 0 Å². The van der Waals surface area contributed by atoms with Gasteiger partial charge in [-0.05, 0) is 26.7 Å². The van der Waals surface area contributed by atoms with Crippen molar-refractivity contribution >= 4 is 7.82 Å². The van der Waals surface area contributed by atoms with E-state index in [1.165, 1.54) is 6.42 Å². The smallest absolute Gasteiger partial charge is 0.301 e. The molecule has 0 spiro atoms. The standard InChI is InChI=1S/C9H20NO4P/c1-8(2)13-15(11,12)14-10-9-6-4-3-5-7-9/h8-10H,3-7H2,1-2H3,(H,11,12). The highest BCUT2D eigenvalue weighted by atomic mass is 31.2. The van der Waals surface area contributed by atoms with E-state index in [1.54, 1.807) is 13.8 Å². The SMILES string of the molecule is CC(C)OP(=O)(O)ONC1CCCCC1. The van der Waals surface area contributed by atoms with E-state index in [-0.39, 0.29) is 12.1 Å². The van der Waals surface area contributed by atoms with E-state index < -0.39 is 7.82 Å². The number of rotatable bonds is 5. The van der Waals surface area contributed by atoms with Crippen molar-refractivity contribution in [2.24, 2.45) is 0 Å². The summed E-state index contributed by atoms with van der Waals surface area (Å²) in [5.74, 6) is 0. The molecule has 90 valence electrons. The monoisotopic (exact) mass is 237 g/mol. The minimum atomic E-state index is -3.93. The molecule has 0 aromatic heterocycles. The quantitative estimate of drug-likeness (QED) is 0.567. The number of hydrogen-bond donors (Lipinski definition) is 2. The van der Waals surface area contributed by atoms with Crippen LogP contribution in [0.2, 0.25) is 0 Å². The Hall–Kier alpha value is 0.0700. The Morgan fingerprint density at radius 3 is 2.47 bits per heavy atom. The molecule has 6 heteroatoms. The molecule has 5 nitrogen and oxygen atoms in total. The van der Waals surface area contributed by atoms with Gasteiger partial charge in [0.1, 0.15) is 0 Å². The largest absolute Gasteiger partial charge is 0.489 e. The lowest BCUT2D eigenvalue weighted by molar-refractivity contribution is 0.0542. The molecule has 1 unspecified atom stereocenters. The second-order valence-corrected chi connectivity index (χ2v) is 5.50. The van der Waals surface area contributed by atoms with Crippen LogP contribution in [0.3, 0.4) is 0 Å². The van der Waals surface area contributed by atoms with Crippen molar-refractivity contribution in [1.29, 1.82) is 0 Å². The summed E-state index contributed by atoms with van der Waals surface area (Å²) >= 11 is 0. The van der Waals surface area contributed by atoms with Crippen molar-refractivity contribution < 1.29 is 18.6 Å². The molecule has 0 radical (unpaired) electrons. The highest BCUT2D eigenvalue weighted by molar-refractivity contribution is 7.47. The number of phosphoric acid groups is 1. The first-order valence-electron chi connectivity index (χ1n) is 5.45. The summed E-state index contributed by atoms with van der Waals surface area (Å²) in [7, 11) is -3.93. The average molecular weight is 237 g/mol. The highest BCUT2D eigenvalue weighted by Gasteiger charge is 2.25. The van der Waals surface area contributed by atoms with Gasteiger partial charge < -0.3 is 4.89 Å². The molecule has 2 N–H and O–H groups in total. The van der Waals surface area contributed by atoms with E-state index in [4.69, 9.17) is 9.15 Å². The fourth-order valence-electron chi connectivity index (χ4n) is 1.65.